The first-order valence-electron chi connectivity index (χ1n) is 8.46. The number of para-hydroxylation sites is 2. The lowest BCUT2D eigenvalue weighted by Crippen LogP contribution is -2.41. The summed E-state index contributed by atoms with van der Waals surface area (Å²) >= 11 is 0. The lowest BCUT2D eigenvalue weighted by molar-refractivity contribution is -0.120. The predicted octanol–water partition coefficient (Wildman–Crippen LogP) is 2.87. The fraction of sp³-hybridized carbons (Fsp3) is 0.316. The van der Waals surface area contributed by atoms with Crippen LogP contribution in [0.3, 0.4) is 0 Å². The van der Waals surface area contributed by atoms with Gasteiger partial charge in [0.2, 0.25) is 15.9 Å². The first-order chi connectivity index (χ1) is 12.7. The molecule has 0 aliphatic carbocycles. The maximum Gasteiger partial charge on any atom is 0.241 e. The van der Waals surface area contributed by atoms with Gasteiger partial charge >= 0.3 is 0 Å². The molecule has 146 valence electrons. The third-order valence-corrected chi connectivity index (χ3v) is 5.00. The van der Waals surface area contributed by atoms with Gasteiger partial charge in [-0.05, 0) is 43.7 Å². The minimum absolute atomic E-state index is 0.298. The molecular weight excluding hydrogens is 371 g/mol. The summed E-state index contributed by atoms with van der Waals surface area (Å²) in [6.07, 6.45) is 1.03. The number of carbonyl (C=O) groups excluding carboxylic acids is 1. The number of nitrogens with one attached hydrogen (secondary N) is 1. The smallest absolute Gasteiger partial charge is 0.241 e. The number of amides is 1. The molecule has 0 fully saturated rings. The summed E-state index contributed by atoms with van der Waals surface area (Å²) in [4.78, 5) is 12.5. The third kappa shape index (κ3) is 5.68. The van der Waals surface area contributed by atoms with Crippen molar-refractivity contribution in [2.24, 2.45) is 0 Å². The Balaban J connectivity index is 2.19. The number of sulfonamides is 1. The van der Waals surface area contributed by atoms with E-state index in [0.29, 0.717) is 23.6 Å². The largest absolute Gasteiger partial charge is 0.492 e. The Labute approximate surface area is 159 Å². The van der Waals surface area contributed by atoms with E-state index in [2.05, 4.69) is 5.32 Å². The summed E-state index contributed by atoms with van der Waals surface area (Å²) in [7, 11) is -3.72. The number of anilines is 1. The molecule has 27 heavy (non-hydrogen) atoms. The molecule has 8 heteroatoms. The Bertz CT molecular complexity index is 885. The number of hydrogen-bond acceptors (Lipinski definition) is 4. The van der Waals surface area contributed by atoms with Crippen molar-refractivity contribution in [3.05, 3.63) is 59.9 Å². The van der Waals surface area contributed by atoms with Crippen molar-refractivity contribution >= 4 is 21.6 Å². The van der Waals surface area contributed by atoms with Crippen molar-refractivity contribution in [3.63, 3.8) is 0 Å². The second kappa shape index (κ2) is 8.85. The number of hydrogen-bond donors (Lipinski definition) is 1. The van der Waals surface area contributed by atoms with Crippen LogP contribution in [0.2, 0.25) is 0 Å². The van der Waals surface area contributed by atoms with E-state index in [-0.39, 0.29) is 5.82 Å². The van der Waals surface area contributed by atoms with Crippen molar-refractivity contribution in [1.82, 2.24) is 5.32 Å². The number of halogens is 1. The van der Waals surface area contributed by atoms with Gasteiger partial charge in [0.25, 0.3) is 0 Å². The highest BCUT2D eigenvalue weighted by Gasteiger charge is 2.24. The molecule has 1 unspecified atom stereocenters. The van der Waals surface area contributed by atoms with Gasteiger partial charge in [-0.3, -0.25) is 9.10 Å². The van der Waals surface area contributed by atoms with Crippen LogP contribution < -0.4 is 14.4 Å². The Morgan fingerprint density at radius 3 is 2.41 bits per heavy atom. The van der Waals surface area contributed by atoms with Crippen LogP contribution in [0.15, 0.2) is 48.5 Å². The first-order valence-corrected chi connectivity index (χ1v) is 10.3. The minimum Gasteiger partial charge on any atom is -0.492 e. The fourth-order valence-corrected chi connectivity index (χ4v) is 3.43. The molecule has 0 aromatic heterocycles. The van der Waals surface area contributed by atoms with Crippen molar-refractivity contribution in [1.29, 1.82) is 0 Å². The van der Waals surface area contributed by atoms with Gasteiger partial charge in [0.1, 0.15) is 18.1 Å². The molecule has 2 rings (SSSR count). The highest BCUT2D eigenvalue weighted by Crippen LogP contribution is 2.29. The normalized spacial score (nSPS) is 12.3. The molecule has 0 radical (unpaired) electrons. The maximum absolute atomic E-state index is 13.0. The van der Waals surface area contributed by atoms with Gasteiger partial charge in [-0.2, -0.15) is 0 Å². The standard InChI is InChI=1S/C19H23FN2O4S/c1-4-26-18-8-6-5-7-17(18)22(27(3,24)25)13-19(23)21-14(2)15-9-11-16(20)12-10-15/h5-12,14H,4,13H2,1-3H3,(H,21,23). The molecule has 1 amide bonds. The fourth-order valence-electron chi connectivity index (χ4n) is 2.57. The van der Waals surface area contributed by atoms with Gasteiger partial charge in [0, 0.05) is 0 Å². The van der Waals surface area contributed by atoms with Crippen molar-refractivity contribution in [2.75, 3.05) is 23.7 Å². The molecule has 0 saturated heterocycles. The summed E-state index contributed by atoms with van der Waals surface area (Å²) in [6.45, 7) is 3.50. The zero-order valence-corrected chi connectivity index (χ0v) is 16.3. The molecule has 1 atom stereocenters. The van der Waals surface area contributed by atoms with Crippen LogP contribution >= 0.6 is 0 Å². The monoisotopic (exact) mass is 394 g/mol. The van der Waals surface area contributed by atoms with Crippen molar-refractivity contribution in [3.8, 4) is 5.75 Å². The predicted molar refractivity (Wildman–Crippen MR) is 103 cm³/mol. The van der Waals surface area contributed by atoms with E-state index >= 15 is 0 Å². The number of benzene rings is 2. The summed E-state index contributed by atoms with van der Waals surface area (Å²) < 4.78 is 44.1. The van der Waals surface area contributed by atoms with E-state index in [0.717, 1.165) is 10.6 Å². The quantitative estimate of drug-likeness (QED) is 0.747. The van der Waals surface area contributed by atoms with Gasteiger partial charge in [-0.25, -0.2) is 12.8 Å². The Kier molecular flexibility index (Phi) is 6.79. The third-order valence-electron chi connectivity index (χ3n) is 3.87. The molecule has 6 nitrogen and oxygen atoms in total. The highest BCUT2D eigenvalue weighted by molar-refractivity contribution is 7.92. The lowest BCUT2D eigenvalue weighted by Gasteiger charge is -2.25. The van der Waals surface area contributed by atoms with Crippen LogP contribution in [0.5, 0.6) is 5.75 Å². The van der Waals surface area contributed by atoms with Gasteiger partial charge in [0.15, 0.2) is 0 Å². The lowest BCUT2D eigenvalue weighted by atomic mass is 10.1. The van der Waals surface area contributed by atoms with E-state index < -0.39 is 28.5 Å². The van der Waals surface area contributed by atoms with Gasteiger partial charge in [-0.1, -0.05) is 24.3 Å². The Morgan fingerprint density at radius 1 is 1.19 bits per heavy atom. The van der Waals surface area contributed by atoms with Crippen LogP contribution in [0.1, 0.15) is 25.5 Å². The first kappa shape index (κ1) is 20.7. The van der Waals surface area contributed by atoms with Crippen LogP contribution in [0.25, 0.3) is 0 Å². The molecule has 0 heterocycles. The molecule has 2 aromatic carbocycles. The zero-order chi connectivity index (χ0) is 20.0. The summed E-state index contributed by atoms with van der Waals surface area (Å²) in [6, 6.07) is 12.0. The Hall–Kier alpha value is -2.61. The van der Waals surface area contributed by atoms with Gasteiger partial charge in [0.05, 0.1) is 24.6 Å². The van der Waals surface area contributed by atoms with E-state index in [1.807, 2.05) is 0 Å². The van der Waals surface area contributed by atoms with Crippen LogP contribution in [-0.2, 0) is 14.8 Å². The number of ether oxygens (including phenoxy) is 1. The number of nitrogens with zero attached hydrogens (tertiary/aromatic N) is 1. The van der Waals surface area contributed by atoms with E-state index in [4.69, 9.17) is 4.74 Å². The second-order valence-electron chi connectivity index (χ2n) is 6.01. The van der Waals surface area contributed by atoms with Gasteiger partial charge in [-0.15, -0.1) is 0 Å². The molecule has 1 N–H and O–H groups in total. The summed E-state index contributed by atoms with van der Waals surface area (Å²) in [5.41, 5.74) is 1.01. The average Bonchev–Trinajstić information content (AvgIpc) is 2.60. The van der Waals surface area contributed by atoms with Crippen LogP contribution in [0, 0.1) is 5.82 Å². The van der Waals surface area contributed by atoms with Gasteiger partial charge < -0.3 is 10.1 Å². The Morgan fingerprint density at radius 2 is 1.81 bits per heavy atom. The topological polar surface area (TPSA) is 75.7 Å². The molecule has 0 aliphatic rings. The molecule has 0 saturated carbocycles. The highest BCUT2D eigenvalue weighted by atomic mass is 32.2. The molecular formula is C19H23FN2O4S. The minimum atomic E-state index is -3.72. The van der Waals surface area contributed by atoms with Crippen molar-refractivity contribution in [2.45, 2.75) is 19.9 Å². The number of carbonyl (C=O) groups is 1. The molecule has 0 spiro atoms. The van der Waals surface area contributed by atoms with Crippen LogP contribution in [0.4, 0.5) is 10.1 Å². The van der Waals surface area contributed by atoms with E-state index in [9.17, 15) is 17.6 Å². The summed E-state index contributed by atoms with van der Waals surface area (Å²) in [5.74, 6) is -0.471. The molecule has 0 aliphatic heterocycles. The van der Waals surface area contributed by atoms with E-state index in [1.54, 1.807) is 50.2 Å². The average molecular weight is 394 g/mol. The number of rotatable bonds is 8. The van der Waals surface area contributed by atoms with E-state index in [1.165, 1.54) is 12.1 Å². The van der Waals surface area contributed by atoms with Crippen molar-refractivity contribution < 1.29 is 22.3 Å². The molecule has 0 bridgehead atoms. The second-order valence-corrected chi connectivity index (χ2v) is 7.92. The zero-order valence-electron chi connectivity index (χ0n) is 15.5. The molecule has 2 aromatic rings. The maximum atomic E-state index is 13.0. The SMILES string of the molecule is CCOc1ccccc1N(CC(=O)NC(C)c1ccc(F)cc1)S(C)(=O)=O. The van der Waals surface area contributed by atoms with Crippen LogP contribution in [-0.4, -0.2) is 33.7 Å². The summed E-state index contributed by atoms with van der Waals surface area (Å²) in [5, 5.41) is 2.73.